The Hall–Kier alpha value is -1.61. The molecule has 0 aromatic heterocycles. The van der Waals surface area contributed by atoms with Crippen molar-refractivity contribution in [3.63, 3.8) is 0 Å². The lowest BCUT2D eigenvalue weighted by atomic mass is 10.0. The second-order valence-electron chi connectivity index (χ2n) is 5.02. The van der Waals surface area contributed by atoms with Gasteiger partial charge in [0, 0.05) is 28.8 Å². The van der Waals surface area contributed by atoms with Crippen molar-refractivity contribution in [1.29, 1.82) is 0 Å². The monoisotopic (exact) mass is 296 g/mol. The molecule has 0 fully saturated rings. The van der Waals surface area contributed by atoms with Crippen LogP contribution in [0.3, 0.4) is 0 Å². The van der Waals surface area contributed by atoms with Gasteiger partial charge in [0.1, 0.15) is 23.1 Å². The van der Waals surface area contributed by atoms with E-state index >= 15 is 0 Å². The van der Waals surface area contributed by atoms with Crippen LogP contribution in [0.1, 0.15) is 19.4 Å². The highest BCUT2D eigenvalue weighted by Crippen LogP contribution is 2.32. The molecule has 0 bridgehead atoms. The summed E-state index contributed by atoms with van der Waals surface area (Å²) in [5.41, 5.74) is 0.842. The average molecular weight is 297 g/mol. The Balaban J connectivity index is 2.35. The molecule has 0 aliphatic carbocycles. The standard InChI is InChI=1S/C16H15ClF2O/c1-10(2)6-14-15(17)4-3-5-16(14)20-13-8-11(18)7-12(19)9-13/h3-5,7-10H,6H2,1-2H3. The molecule has 0 saturated carbocycles. The van der Waals surface area contributed by atoms with Crippen LogP contribution in [0.2, 0.25) is 5.02 Å². The second kappa shape index (κ2) is 6.23. The van der Waals surface area contributed by atoms with Crippen molar-refractivity contribution in [1.82, 2.24) is 0 Å². The van der Waals surface area contributed by atoms with Gasteiger partial charge < -0.3 is 4.74 Å². The third-order valence-electron chi connectivity index (χ3n) is 2.75. The SMILES string of the molecule is CC(C)Cc1c(Cl)cccc1Oc1cc(F)cc(F)c1. The summed E-state index contributed by atoms with van der Waals surface area (Å²) >= 11 is 6.17. The average Bonchev–Trinajstić information content (AvgIpc) is 2.32. The fraction of sp³-hybridized carbons (Fsp3) is 0.250. The Bertz CT molecular complexity index is 591. The van der Waals surface area contributed by atoms with Gasteiger partial charge >= 0.3 is 0 Å². The van der Waals surface area contributed by atoms with E-state index in [1.54, 1.807) is 18.2 Å². The van der Waals surface area contributed by atoms with E-state index in [1.165, 1.54) is 0 Å². The topological polar surface area (TPSA) is 9.23 Å². The van der Waals surface area contributed by atoms with Crippen LogP contribution in [0.5, 0.6) is 11.5 Å². The Kier molecular flexibility index (Phi) is 4.61. The predicted octanol–water partition coefficient (Wildman–Crippen LogP) is 5.61. The lowest BCUT2D eigenvalue weighted by Crippen LogP contribution is -1.99. The van der Waals surface area contributed by atoms with Gasteiger partial charge in [-0.15, -0.1) is 0 Å². The second-order valence-corrected chi connectivity index (χ2v) is 5.43. The van der Waals surface area contributed by atoms with E-state index in [4.69, 9.17) is 16.3 Å². The van der Waals surface area contributed by atoms with Crippen LogP contribution >= 0.6 is 11.6 Å². The van der Waals surface area contributed by atoms with Crippen molar-refractivity contribution in [2.24, 2.45) is 5.92 Å². The minimum atomic E-state index is -0.674. The van der Waals surface area contributed by atoms with E-state index in [-0.39, 0.29) is 5.75 Å². The molecule has 0 spiro atoms. The van der Waals surface area contributed by atoms with Crippen molar-refractivity contribution in [3.05, 3.63) is 58.6 Å². The first-order chi connectivity index (χ1) is 9.45. The number of halogens is 3. The van der Waals surface area contributed by atoms with Crippen LogP contribution in [0.25, 0.3) is 0 Å². The molecule has 2 rings (SSSR count). The first-order valence-corrected chi connectivity index (χ1v) is 6.75. The van der Waals surface area contributed by atoms with Crippen molar-refractivity contribution in [2.45, 2.75) is 20.3 Å². The maximum atomic E-state index is 13.2. The summed E-state index contributed by atoms with van der Waals surface area (Å²) in [6.07, 6.45) is 0.729. The van der Waals surface area contributed by atoms with E-state index in [1.807, 2.05) is 0 Å². The molecule has 0 atom stereocenters. The molecule has 2 aromatic rings. The first kappa shape index (κ1) is 14.8. The minimum Gasteiger partial charge on any atom is -0.457 e. The van der Waals surface area contributed by atoms with Gasteiger partial charge in [0.2, 0.25) is 0 Å². The van der Waals surface area contributed by atoms with Crippen LogP contribution in [0, 0.1) is 17.6 Å². The lowest BCUT2D eigenvalue weighted by Gasteiger charge is -2.14. The summed E-state index contributed by atoms with van der Waals surface area (Å²) in [5.74, 6) is -0.313. The quantitative estimate of drug-likeness (QED) is 0.712. The van der Waals surface area contributed by atoms with Crippen molar-refractivity contribution in [3.8, 4) is 11.5 Å². The van der Waals surface area contributed by atoms with Crippen LogP contribution in [-0.2, 0) is 6.42 Å². The highest BCUT2D eigenvalue weighted by molar-refractivity contribution is 6.31. The summed E-state index contributed by atoms with van der Waals surface area (Å²) < 4.78 is 31.9. The highest BCUT2D eigenvalue weighted by atomic mass is 35.5. The molecule has 0 aliphatic rings. The Morgan fingerprint density at radius 3 is 2.35 bits per heavy atom. The normalized spacial score (nSPS) is 10.9. The number of benzene rings is 2. The van der Waals surface area contributed by atoms with Crippen LogP contribution in [0.4, 0.5) is 8.78 Å². The Labute approximate surface area is 122 Å². The molecule has 0 saturated heterocycles. The molecule has 0 unspecified atom stereocenters. The third-order valence-corrected chi connectivity index (χ3v) is 3.11. The maximum absolute atomic E-state index is 13.2. The van der Waals surface area contributed by atoms with Gasteiger partial charge in [-0.3, -0.25) is 0 Å². The van der Waals surface area contributed by atoms with Gasteiger partial charge in [0.15, 0.2) is 0 Å². The number of rotatable bonds is 4. The van der Waals surface area contributed by atoms with E-state index in [0.29, 0.717) is 16.7 Å². The molecule has 0 aliphatic heterocycles. The zero-order chi connectivity index (χ0) is 14.7. The zero-order valence-corrected chi connectivity index (χ0v) is 12.0. The van der Waals surface area contributed by atoms with Crippen molar-refractivity contribution < 1.29 is 13.5 Å². The molecular formula is C16H15ClF2O. The molecule has 0 amide bonds. The fourth-order valence-electron chi connectivity index (χ4n) is 1.96. The van der Waals surface area contributed by atoms with Crippen LogP contribution < -0.4 is 4.74 Å². The molecule has 0 heterocycles. The number of hydrogen-bond donors (Lipinski definition) is 0. The van der Waals surface area contributed by atoms with Gasteiger partial charge in [-0.1, -0.05) is 31.5 Å². The zero-order valence-electron chi connectivity index (χ0n) is 11.3. The molecule has 4 heteroatoms. The summed E-state index contributed by atoms with van der Waals surface area (Å²) in [7, 11) is 0. The smallest absolute Gasteiger partial charge is 0.133 e. The van der Waals surface area contributed by atoms with Crippen LogP contribution in [0.15, 0.2) is 36.4 Å². The Morgan fingerprint density at radius 1 is 1.10 bits per heavy atom. The third kappa shape index (κ3) is 3.70. The maximum Gasteiger partial charge on any atom is 0.133 e. The minimum absolute atomic E-state index is 0.120. The predicted molar refractivity (Wildman–Crippen MR) is 76.4 cm³/mol. The largest absolute Gasteiger partial charge is 0.457 e. The molecular weight excluding hydrogens is 282 g/mol. The lowest BCUT2D eigenvalue weighted by molar-refractivity contribution is 0.458. The van der Waals surface area contributed by atoms with Gasteiger partial charge in [0.05, 0.1) is 0 Å². The summed E-state index contributed by atoms with van der Waals surface area (Å²) in [5, 5.41) is 0.591. The summed E-state index contributed by atoms with van der Waals surface area (Å²) in [6.45, 7) is 4.13. The van der Waals surface area contributed by atoms with Gasteiger partial charge in [-0.2, -0.15) is 0 Å². The first-order valence-electron chi connectivity index (χ1n) is 6.37. The van der Waals surface area contributed by atoms with Gasteiger partial charge in [-0.25, -0.2) is 8.78 Å². The van der Waals surface area contributed by atoms with Gasteiger partial charge in [-0.05, 0) is 24.5 Å². The Morgan fingerprint density at radius 2 is 1.75 bits per heavy atom. The summed E-state index contributed by atoms with van der Waals surface area (Å²) in [6, 6.07) is 8.36. The van der Waals surface area contributed by atoms with E-state index in [9.17, 15) is 8.78 Å². The van der Waals surface area contributed by atoms with E-state index < -0.39 is 11.6 Å². The van der Waals surface area contributed by atoms with E-state index in [2.05, 4.69) is 13.8 Å². The summed E-state index contributed by atoms with van der Waals surface area (Å²) in [4.78, 5) is 0. The molecule has 2 aromatic carbocycles. The highest BCUT2D eigenvalue weighted by Gasteiger charge is 2.12. The number of ether oxygens (including phenoxy) is 1. The molecule has 0 N–H and O–H groups in total. The number of hydrogen-bond acceptors (Lipinski definition) is 1. The van der Waals surface area contributed by atoms with Gasteiger partial charge in [0.25, 0.3) is 0 Å². The molecule has 1 nitrogen and oxygen atoms in total. The molecule has 20 heavy (non-hydrogen) atoms. The van der Waals surface area contributed by atoms with E-state index in [0.717, 1.165) is 30.2 Å². The molecule has 0 radical (unpaired) electrons. The van der Waals surface area contributed by atoms with Crippen molar-refractivity contribution >= 4 is 11.6 Å². The molecule has 106 valence electrons. The van der Waals surface area contributed by atoms with Crippen LogP contribution in [-0.4, -0.2) is 0 Å². The fourth-order valence-corrected chi connectivity index (χ4v) is 2.20. The van der Waals surface area contributed by atoms with Crippen molar-refractivity contribution in [2.75, 3.05) is 0 Å².